The molecule has 0 unspecified atom stereocenters. The van der Waals surface area contributed by atoms with Gasteiger partial charge in [0.15, 0.2) is 0 Å². The van der Waals surface area contributed by atoms with Crippen LogP contribution < -0.4 is 0 Å². The van der Waals surface area contributed by atoms with Gasteiger partial charge in [-0.3, -0.25) is 0 Å². The minimum Gasteiger partial charge on any atom is -0.390 e. The molecule has 0 saturated heterocycles. The maximum Gasteiger partial charge on any atom is 0.127 e. The van der Waals surface area contributed by atoms with Crippen molar-refractivity contribution in [2.24, 2.45) is 0 Å². The van der Waals surface area contributed by atoms with Crippen LogP contribution in [0.25, 0.3) is 0 Å². The molecule has 0 aliphatic rings. The predicted octanol–water partition coefficient (Wildman–Crippen LogP) is 1.82. The van der Waals surface area contributed by atoms with Crippen LogP contribution in [0.15, 0.2) is 0 Å². The average molecular weight is 258 g/mol. The Balaban J connectivity index is 3.96. The molecule has 0 aliphatic heterocycles. The molecule has 0 saturated carbocycles. The van der Waals surface area contributed by atoms with Gasteiger partial charge in [-0.15, -0.1) is 0 Å². The van der Waals surface area contributed by atoms with E-state index in [1.807, 2.05) is 13.8 Å². The summed E-state index contributed by atoms with van der Waals surface area (Å²) in [7, 11) is 2.12. The van der Waals surface area contributed by atoms with Gasteiger partial charge in [-0.25, -0.2) is 0 Å². The van der Waals surface area contributed by atoms with Crippen LogP contribution in [0.4, 0.5) is 0 Å². The van der Waals surface area contributed by atoms with E-state index < -0.39 is 5.60 Å². The summed E-state index contributed by atoms with van der Waals surface area (Å²) in [5.74, 6) is 0.896. The van der Waals surface area contributed by atoms with Crippen molar-refractivity contribution >= 4 is 27.0 Å². The van der Waals surface area contributed by atoms with E-state index in [9.17, 15) is 5.11 Å². The molecular formula is C12H28B2O2S. The smallest absolute Gasteiger partial charge is 0.127 e. The summed E-state index contributed by atoms with van der Waals surface area (Å²) in [6.45, 7) is 12.9. The molecule has 0 spiro atoms. The van der Waals surface area contributed by atoms with E-state index in [-0.39, 0.29) is 10.8 Å². The molecule has 0 aliphatic carbocycles. The van der Waals surface area contributed by atoms with Gasteiger partial charge in [0.2, 0.25) is 0 Å². The molecule has 0 fully saturated rings. The second-order valence-electron chi connectivity index (χ2n) is 6.99. The van der Waals surface area contributed by atoms with E-state index in [1.165, 1.54) is 0 Å². The highest BCUT2D eigenvalue weighted by Gasteiger charge is 2.27. The fraction of sp³-hybridized carbons (Fsp3) is 1.00. The third-order valence-electron chi connectivity index (χ3n) is 3.04. The summed E-state index contributed by atoms with van der Waals surface area (Å²) >= 11 is 4.37. The Labute approximate surface area is 114 Å². The number of hydrogen-bond acceptors (Lipinski definition) is 3. The second kappa shape index (κ2) is 6.53. The van der Waals surface area contributed by atoms with Crippen molar-refractivity contribution in [3.05, 3.63) is 0 Å². The van der Waals surface area contributed by atoms with E-state index in [0.29, 0.717) is 13.0 Å². The van der Waals surface area contributed by atoms with Crippen LogP contribution in [0.2, 0.25) is 5.31 Å². The van der Waals surface area contributed by atoms with Crippen molar-refractivity contribution < 1.29 is 9.84 Å². The molecule has 0 atom stereocenters. The number of aliphatic hydroxyl groups is 1. The molecule has 2 nitrogen and oxygen atoms in total. The molecule has 0 aromatic rings. The van der Waals surface area contributed by atoms with Crippen LogP contribution >= 0.6 is 12.6 Å². The van der Waals surface area contributed by atoms with Crippen LogP contribution in [-0.2, 0) is 4.74 Å². The summed E-state index contributed by atoms with van der Waals surface area (Å²) in [5, 5.41) is 9.89. The van der Waals surface area contributed by atoms with Gasteiger partial charge >= 0.3 is 0 Å². The maximum atomic E-state index is 9.62. The average Bonchev–Trinajstić information content (AvgIpc) is 2.13. The topological polar surface area (TPSA) is 29.5 Å². The lowest BCUT2D eigenvalue weighted by molar-refractivity contribution is -0.00671. The highest BCUT2D eigenvalue weighted by atomic mass is 32.1. The SMILES string of the molecule is CC(C)(O)CCOC(C)(C)BBC(C)(C)CS. The van der Waals surface area contributed by atoms with E-state index in [2.05, 4.69) is 40.3 Å². The molecule has 0 amide bonds. The first kappa shape index (κ1) is 17.4. The zero-order chi connectivity index (χ0) is 13.7. The summed E-state index contributed by atoms with van der Waals surface area (Å²) in [5.41, 5.74) is -0.758. The van der Waals surface area contributed by atoms with Crippen molar-refractivity contribution in [1.29, 1.82) is 0 Å². The molecule has 0 heterocycles. The molecule has 0 aromatic carbocycles. The Bertz CT molecular complexity index is 225. The normalized spacial score (nSPS) is 13.6. The van der Waals surface area contributed by atoms with Gasteiger partial charge in [0.05, 0.1) is 12.8 Å². The Morgan fingerprint density at radius 2 is 1.59 bits per heavy atom. The van der Waals surface area contributed by atoms with E-state index in [4.69, 9.17) is 4.74 Å². The molecule has 5 heteroatoms. The fourth-order valence-electron chi connectivity index (χ4n) is 1.37. The number of hydrogen-bond donors (Lipinski definition) is 2. The lowest BCUT2D eigenvalue weighted by Crippen LogP contribution is -2.40. The summed E-state index contributed by atoms with van der Waals surface area (Å²) < 4.78 is 5.86. The first-order valence-corrected chi connectivity index (χ1v) is 7.08. The standard InChI is InChI=1S/C12H28B2O2S/c1-10(2,9-17)13-14-12(5,6)16-8-7-11(3,4)15/h13-15,17H,7-9H2,1-6H3. The minimum absolute atomic E-state index is 0.120. The van der Waals surface area contributed by atoms with Crippen LogP contribution in [0, 0.1) is 0 Å². The third-order valence-corrected chi connectivity index (χ3v) is 3.89. The molecule has 17 heavy (non-hydrogen) atoms. The van der Waals surface area contributed by atoms with Gasteiger partial charge < -0.3 is 9.84 Å². The quantitative estimate of drug-likeness (QED) is 0.513. The first-order valence-electron chi connectivity index (χ1n) is 6.45. The monoisotopic (exact) mass is 258 g/mol. The van der Waals surface area contributed by atoms with Crippen LogP contribution in [0.3, 0.4) is 0 Å². The first-order chi connectivity index (χ1) is 7.47. The van der Waals surface area contributed by atoms with Crippen molar-refractivity contribution in [2.75, 3.05) is 12.4 Å². The lowest BCUT2D eigenvalue weighted by atomic mass is 9.25. The number of ether oxygens (including phenoxy) is 1. The molecule has 0 bridgehead atoms. The minimum atomic E-state index is -0.638. The second-order valence-corrected chi connectivity index (χ2v) is 7.31. The Kier molecular flexibility index (Phi) is 6.69. The molecule has 1 N–H and O–H groups in total. The van der Waals surface area contributed by atoms with Crippen molar-refractivity contribution in [1.82, 2.24) is 0 Å². The fourth-order valence-corrected chi connectivity index (χ4v) is 1.53. The summed E-state index contributed by atoms with van der Waals surface area (Å²) in [6, 6.07) is 0. The highest BCUT2D eigenvalue weighted by molar-refractivity contribution is 7.80. The van der Waals surface area contributed by atoms with Gasteiger partial charge in [-0.2, -0.15) is 12.6 Å². The lowest BCUT2D eigenvalue weighted by Gasteiger charge is -2.30. The maximum absolute atomic E-state index is 9.62. The molecule has 0 radical (unpaired) electrons. The number of rotatable bonds is 8. The summed E-state index contributed by atoms with van der Waals surface area (Å²) in [4.78, 5) is 0. The van der Waals surface area contributed by atoms with Crippen molar-refractivity contribution in [3.8, 4) is 0 Å². The van der Waals surface area contributed by atoms with Crippen LogP contribution in [0.5, 0.6) is 0 Å². The van der Waals surface area contributed by atoms with Gasteiger partial charge in [-0.05, 0) is 39.9 Å². The Morgan fingerprint density at radius 3 is 2.00 bits per heavy atom. The van der Waals surface area contributed by atoms with E-state index in [1.54, 1.807) is 0 Å². The molecular weight excluding hydrogens is 230 g/mol. The zero-order valence-electron chi connectivity index (χ0n) is 12.3. The van der Waals surface area contributed by atoms with E-state index in [0.717, 1.165) is 20.1 Å². The molecule has 0 rings (SSSR count). The number of thiol groups is 1. The van der Waals surface area contributed by atoms with E-state index >= 15 is 0 Å². The van der Waals surface area contributed by atoms with Gasteiger partial charge in [-0.1, -0.05) is 19.2 Å². The largest absolute Gasteiger partial charge is 0.390 e. The van der Waals surface area contributed by atoms with Gasteiger partial charge in [0, 0.05) is 12.1 Å². The Morgan fingerprint density at radius 1 is 1.06 bits per heavy atom. The Hall–Kier alpha value is 0.400. The molecule has 0 aromatic heterocycles. The summed E-state index contributed by atoms with van der Waals surface area (Å²) in [6.07, 6.45) is 0.673. The van der Waals surface area contributed by atoms with Crippen molar-refractivity contribution in [3.63, 3.8) is 0 Å². The highest BCUT2D eigenvalue weighted by Crippen LogP contribution is 2.24. The van der Waals surface area contributed by atoms with Gasteiger partial charge in [0.1, 0.15) is 7.17 Å². The third kappa shape index (κ3) is 10.0. The zero-order valence-corrected chi connectivity index (χ0v) is 13.2. The molecule has 100 valence electrons. The van der Waals surface area contributed by atoms with Crippen LogP contribution in [0.1, 0.15) is 48.0 Å². The van der Waals surface area contributed by atoms with Crippen LogP contribution in [-0.4, -0.2) is 42.9 Å². The predicted molar refractivity (Wildman–Crippen MR) is 83.1 cm³/mol. The van der Waals surface area contributed by atoms with Gasteiger partial charge in [0.25, 0.3) is 0 Å². The van der Waals surface area contributed by atoms with Crippen molar-refractivity contribution in [2.45, 2.75) is 64.4 Å².